The molecule has 0 saturated heterocycles. The van der Waals surface area contributed by atoms with Gasteiger partial charge >= 0.3 is 0 Å². The van der Waals surface area contributed by atoms with Crippen LogP contribution in [-0.2, 0) is 6.54 Å². The van der Waals surface area contributed by atoms with E-state index < -0.39 is 4.92 Å². The standard InChI is InChI=1S/C9H12N6O2/c10-8(11)14-9(12)13-5-6-2-1-3-7(4-6)15(16)17/h1-4H,5H2,(H6,10,11,12,13,14). The van der Waals surface area contributed by atoms with Gasteiger partial charge in [-0.25, -0.2) is 4.99 Å². The lowest BCUT2D eigenvalue weighted by molar-refractivity contribution is -0.384. The van der Waals surface area contributed by atoms with Crippen LogP contribution in [0.3, 0.4) is 0 Å². The Kier molecular flexibility index (Phi) is 3.98. The molecule has 0 amide bonds. The van der Waals surface area contributed by atoms with Gasteiger partial charge in [-0.2, -0.15) is 4.99 Å². The smallest absolute Gasteiger partial charge is 0.269 e. The lowest BCUT2D eigenvalue weighted by Crippen LogP contribution is -2.26. The van der Waals surface area contributed by atoms with E-state index in [0.29, 0.717) is 5.56 Å². The van der Waals surface area contributed by atoms with Crippen LogP contribution < -0.4 is 17.2 Å². The molecule has 0 aliphatic rings. The lowest BCUT2D eigenvalue weighted by Gasteiger charge is -1.98. The van der Waals surface area contributed by atoms with Crippen molar-refractivity contribution in [3.8, 4) is 0 Å². The molecule has 0 aliphatic carbocycles. The number of hydrogen-bond donors (Lipinski definition) is 3. The van der Waals surface area contributed by atoms with E-state index in [4.69, 9.17) is 17.2 Å². The van der Waals surface area contributed by atoms with Gasteiger partial charge in [-0.15, -0.1) is 0 Å². The van der Waals surface area contributed by atoms with Crippen LogP contribution in [0, 0.1) is 10.1 Å². The molecule has 0 spiro atoms. The Bertz CT molecular complexity index is 478. The maximum Gasteiger partial charge on any atom is 0.269 e. The highest BCUT2D eigenvalue weighted by atomic mass is 16.6. The Morgan fingerprint density at radius 3 is 2.65 bits per heavy atom. The summed E-state index contributed by atoms with van der Waals surface area (Å²) < 4.78 is 0. The second-order valence-electron chi connectivity index (χ2n) is 3.14. The number of guanidine groups is 2. The number of nitrogens with zero attached hydrogens (tertiary/aromatic N) is 3. The van der Waals surface area contributed by atoms with Crippen molar-refractivity contribution in [2.24, 2.45) is 27.2 Å². The largest absolute Gasteiger partial charge is 0.370 e. The fraction of sp³-hybridized carbons (Fsp3) is 0.111. The minimum atomic E-state index is -0.480. The first-order valence-corrected chi connectivity index (χ1v) is 4.62. The minimum absolute atomic E-state index is 0.00175. The van der Waals surface area contributed by atoms with Crippen molar-refractivity contribution in [3.05, 3.63) is 39.9 Å². The van der Waals surface area contributed by atoms with Gasteiger partial charge in [-0.3, -0.25) is 10.1 Å². The summed E-state index contributed by atoms with van der Waals surface area (Å²) >= 11 is 0. The molecule has 0 unspecified atom stereocenters. The van der Waals surface area contributed by atoms with Crippen LogP contribution in [0.15, 0.2) is 34.3 Å². The van der Waals surface area contributed by atoms with Gasteiger partial charge in [0.05, 0.1) is 11.5 Å². The molecule has 0 aromatic heterocycles. The molecule has 8 heteroatoms. The van der Waals surface area contributed by atoms with Gasteiger partial charge in [0.1, 0.15) is 0 Å². The molecule has 90 valence electrons. The van der Waals surface area contributed by atoms with Gasteiger partial charge in [0.2, 0.25) is 5.96 Å². The number of aliphatic imine (C=N–C) groups is 2. The minimum Gasteiger partial charge on any atom is -0.370 e. The number of non-ortho nitro benzene ring substituents is 1. The van der Waals surface area contributed by atoms with Gasteiger partial charge < -0.3 is 17.2 Å². The van der Waals surface area contributed by atoms with Crippen molar-refractivity contribution in [2.75, 3.05) is 0 Å². The van der Waals surface area contributed by atoms with Gasteiger partial charge in [0.15, 0.2) is 5.96 Å². The van der Waals surface area contributed by atoms with Crippen LogP contribution in [0.1, 0.15) is 5.56 Å². The van der Waals surface area contributed by atoms with Crippen LogP contribution in [0.2, 0.25) is 0 Å². The first-order valence-electron chi connectivity index (χ1n) is 4.62. The quantitative estimate of drug-likeness (QED) is 0.285. The molecule has 8 nitrogen and oxygen atoms in total. The monoisotopic (exact) mass is 236 g/mol. The predicted octanol–water partition coefficient (Wildman–Crippen LogP) is -0.317. The molecular weight excluding hydrogens is 224 g/mol. The number of benzene rings is 1. The summed E-state index contributed by atoms with van der Waals surface area (Å²) in [6, 6.07) is 6.07. The number of rotatable bonds is 3. The molecule has 1 aromatic rings. The molecule has 0 fully saturated rings. The molecule has 1 aromatic carbocycles. The third kappa shape index (κ3) is 4.16. The number of nitro benzene ring substituents is 1. The third-order valence-corrected chi connectivity index (χ3v) is 1.79. The van der Waals surface area contributed by atoms with E-state index in [9.17, 15) is 10.1 Å². The summed E-state index contributed by atoms with van der Waals surface area (Å²) in [5.41, 5.74) is 16.2. The Labute approximate surface area is 97.0 Å². The number of nitro groups is 1. The summed E-state index contributed by atoms with van der Waals surface area (Å²) in [6.45, 7) is 0.171. The molecule has 0 saturated carbocycles. The third-order valence-electron chi connectivity index (χ3n) is 1.79. The van der Waals surface area contributed by atoms with Crippen molar-refractivity contribution in [3.63, 3.8) is 0 Å². The topological polar surface area (TPSA) is 146 Å². The number of nitrogens with two attached hydrogens (primary N) is 3. The van der Waals surface area contributed by atoms with E-state index in [1.807, 2.05) is 0 Å². The zero-order valence-electron chi connectivity index (χ0n) is 8.91. The van der Waals surface area contributed by atoms with Crippen LogP contribution in [-0.4, -0.2) is 16.8 Å². The van der Waals surface area contributed by atoms with E-state index in [1.54, 1.807) is 12.1 Å². The van der Waals surface area contributed by atoms with Crippen LogP contribution in [0.4, 0.5) is 5.69 Å². The molecule has 0 aliphatic heterocycles. The van der Waals surface area contributed by atoms with Gasteiger partial charge in [0.25, 0.3) is 5.69 Å². The molecule has 17 heavy (non-hydrogen) atoms. The average Bonchev–Trinajstić information content (AvgIpc) is 2.26. The lowest BCUT2D eigenvalue weighted by atomic mass is 10.2. The molecule has 0 radical (unpaired) electrons. The van der Waals surface area contributed by atoms with Crippen molar-refractivity contribution < 1.29 is 4.92 Å². The highest BCUT2D eigenvalue weighted by Crippen LogP contribution is 2.13. The van der Waals surface area contributed by atoms with E-state index in [-0.39, 0.29) is 24.2 Å². The summed E-state index contributed by atoms with van der Waals surface area (Å²) in [5, 5.41) is 10.5. The van der Waals surface area contributed by atoms with E-state index >= 15 is 0 Å². The Balaban J connectivity index is 2.79. The second kappa shape index (κ2) is 5.45. The predicted molar refractivity (Wildman–Crippen MR) is 64.2 cm³/mol. The molecule has 0 atom stereocenters. The SMILES string of the molecule is NC(N)=NC(N)=NCc1cccc([N+](=O)[O-])c1. The average molecular weight is 236 g/mol. The molecular formula is C9H12N6O2. The maximum atomic E-state index is 10.5. The van der Waals surface area contributed by atoms with E-state index in [2.05, 4.69) is 9.98 Å². The Morgan fingerprint density at radius 2 is 2.06 bits per heavy atom. The highest BCUT2D eigenvalue weighted by Gasteiger charge is 2.04. The van der Waals surface area contributed by atoms with Crippen LogP contribution in [0.5, 0.6) is 0 Å². The zero-order chi connectivity index (χ0) is 12.8. The summed E-state index contributed by atoms with van der Waals surface area (Å²) in [7, 11) is 0. The first-order chi connectivity index (χ1) is 7.99. The van der Waals surface area contributed by atoms with Gasteiger partial charge in [-0.05, 0) is 5.56 Å². The Morgan fingerprint density at radius 1 is 1.35 bits per heavy atom. The van der Waals surface area contributed by atoms with Crippen molar-refractivity contribution >= 4 is 17.6 Å². The van der Waals surface area contributed by atoms with Crippen molar-refractivity contribution in [1.29, 1.82) is 0 Å². The summed E-state index contributed by atoms with van der Waals surface area (Å²) in [4.78, 5) is 17.4. The van der Waals surface area contributed by atoms with E-state index in [1.165, 1.54) is 12.1 Å². The van der Waals surface area contributed by atoms with Crippen molar-refractivity contribution in [2.45, 2.75) is 6.54 Å². The molecule has 0 heterocycles. The highest BCUT2D eigenvalue weighted by molar-refractivity contribution is 5.92. The van der Waals surface area contributed by atoms with Crippen molar-refractivity contribution in [1.82, 2.24) is 0 Å². The summed E-state index contributed by atoms with van der Waals surface area (Å²) in [6.07, 6.45) is 0. The summed E-state index contributed by atoms with van der Waals surface area (Å²) in [5.74, 6) is -0.262. The maximum absolute atomic E-state index is 10.5. The Hall–Kier alpha value is -2.64. The number of hydrogen-bond acceptors (Lipinski definition) is 3. The molecule has 6 N–H and O–H groups in total. The van der Waals surface area contributed by atoms with Crippen LogP contribution in [0.25, 0.3) is 0 Å². The zero-order valence-corrected chi connectivity index (χ0v) is 8.91. The fourth-order valence-corrected chi connectivity index (χ4v) is 1.11. The van der Waals surface area contributed by atoms with Gasteiger partial charge in [-0.1, -0.05) is 12.1 Å². The second-order valence-corrected chi connectivity index (χ2v) is 3.14. The molecule has 0 bridgehead atoms. The molecule has 1 rings (SSSR count). The normalized spacial score (nSPS) is 10.9. The fourth-order valence-electron chi connectivity index (χ4n) is 1.11. The van der Waals surface area contributed by atoms with E-state index in [0.717, 1.165) is 0 Å². The van der Waals surface area contributed by atoms with Crippen LogP contribution >= 0.6 is 0 Å². The van der Waals surface area contributed by atoms with Gasteiger partial charge in [0, 0.05) is 12.1 Å². The first kappa shape index (κ1) is 12.4.